The van der Waals surface area contributed by atoms with Gasteiger partial charge in [0.25, 0.3) is 0 Å². The SMILES string of the molecule is CN1C(=O)C2(CCCCC2CP(=O)(c2ccccc2)c2ccccc2)c2ccccc21. The molecule has 1 amide bonds. The van der Waals surface area contributed by atoms with Crippen molar-refractivity contribution in [1.82, 2.24) is 0 Å². The smallest absolute Gasteiger partial charge is 0.237 e. The summed E-state index contributed by atoms with van der Waals surface area (Å²) in [6, 6.07) is 27.9. The molecule has 3 nitrogen and oxygen atoms in total. The van der Waals surface area contributed by atoms with Crippen LogP contribution in [0, 0.1) is 5.92 Å². The summed E-state index contributed by atoms with van der Waals surface area (Å²) in [6.07, 6.45) is 4.40. The highest BCUT2D eigenvalue weighted by atomic mass is 31.2. The number of rotatable bonds is 4. The van der Waals surface area contributed by atoms with Crippen LogP contribution >= 0.6 is 7.14 Å². The molecule has 2 atom stereocenters. The Morgan fingerprint density at radius 2 is 1.45 bits per heavy atom. The molecule has 1 aliphatic carbocycles. The number of para-hydroxylation sites is 1. The van der Waals surface area contributed by atoms with E-state index in [0.717, 1.165) is 47.5 Å². The number of hydrogen-bond donors (Lipinski definition) is 0. The number of carbonyl (C=O) groups is 1. The van der Waals surface area contributed by atoms with Gasteiger partial charge in [-0.2, -0.15) is 0 Å². The Balaban J connectivity index is 1.65. The molecule has 31 heavy (non-hydrogen) atoms. The van der Waals surface area contributed by atoms with Crippen LogP contribution in [-0.2, 0) is 14.8 Å². The van der Waals surface area contributed by atoms with Crippen molar-refractivity contribution in [3.63, 3.8) is 0 Å². The fourth-order valence-corrected chi connectivity index (χ4v) is 8.95. The van der Waals surface area contributed by atoms with E-state index in [1.54, 1.807) is 0 Å². The highest BCUT2D eigenvalue weighted by molar-refractivity contribution is 7.78. The molecule has 1 spiro atoms. The summed E-state index contributed by atoms with van der Waals surface area (Å²) in [5, 5.41) is 1.77. The highest BCUT2D eigenvalue weighted by Crippen LogP contribution is 2.57. The summed E-state index contributed by atoms with van der Waals surface area (Å²) in [5.41, 5.74) is 1.57. The summed E-state index contributed by atoms with van der Waals surface area (Å²) in [4.78, 5) is 15.6. The molecule has 158 valence electrons. The monoisotopic (exact) mass is 429 g/mol. The molecule has 1 fully saturated rings. The summed E-state index contributed by atoms with van der Waals surface area (Å²) in [7, 11) is -1.02. The van der Waals surface area contributed by atoms with Gasteiger partial charge in [0.05, 0.1) is 5.41 Å². The van der Waals surface area contributed by atoms with Crippen LogP contribution in [0.5, 0.6) is 0 Å². The van der Waals surface area contributed by atoms with Crippen molar-refractivity contribution < 1.29 is 9.36 Å². The normalized spacial score (nSPS) is 23.2. The van der Waals surface area contributed by atoms with E-state index in [2.05, 4.69) is 6.07 Å². The minimum atomic E-state index is -2.90. The van der Waals surface area contributed by atoms with Gasteiger partial charge in [-0.1, -0.05) is 91.7 Å². The van der Waals surface area contributed by atoms with E-state index in [4.69, 9.17) is 0 Å². The fraction of sp³-hybridized carbons (Fsp3) is 0.296. The number of nitrogens with zero attached hydrogens (tertiary/aromatic N) is 1. The largest absolute Gasteiger partial charge is 0.314 e. The second kappa shape index (κ2) is 7.80. The third kappa shape index (κ3) is 3.10. The van der Waals surface area contributed by atoms with E-state index < -0.39 is 12.6 Å². The molecular weight excluding hydrogens is 401 g/mol. The van der Waals surface area contributed by atoms with Crippen LogP contribution in [0.2, 0.25) is 0 Å². The Hall–Kier alpha value is -2.64. The lowest BCUT2D eigenvalue weighted by molar-refractivity contribution is -0.125. The Kier molecular flexibility index (Phi) is 5.10. The van der Waals surface area contributed by atoms with Crippen LogP contribution < -0.4 is 15.5 Å². The molecule has 4 heteroatoms. The Morgan fingerprint density at radius 1 is 0.871 bits per heavy atom. The van der Waals surface area contributed by atoms with E-state index in [9.17, 15) is 9.36 Å². The molecule has 0 radical (unpaired) electrons. The van der Waals surface area contributed by atoms with E-state index in [0.29, 0.717) is 6.16 Å². The summed E-state index contributed by atoms with van der Waals surface area (Å²) in [6.45, 7) is 0. The van der Waals surface area contributed by atoms with Gasteiger partial charge in [-0.25, -0.2) is 0 Å². The van der Waals surface area contributed by atoms with Gasteiger partial charge < -0.3 is 9.46 Å². The number of hydrogen-bond acceptors (Lipinski definition) is 2. The number of fused-ring (bicyclic) bond motifs is 2. The first-order valence-corrected chi connectivity index (χ1v) is 13.0. The third-order valence-corrected chi connectivity index (χ3v) is 10.5. The van der Waals surface area contributed by atoms with Gasteiger partial charge >= 0.3 is 0 Å². The average molecular weight is 430 g/mol. The zero-order valence-electron chi connectivity index (χ0n) is 17.9. The minimum Gasteiger partial charge on any atom is -0.314 e. The van der Waals surface area contributed by atoms with Crippen molar-refractivity contribution in [2.24, 2.45) is 5.92 Å². The Morgan fingerprint density at radius 3 is 2.10 bits per heavy atom. The van der Waals surface area contributed by atoms with Gasteiger partial charge in [-0.15, -0.1) is 0 Å². The number of benzene rings is 3. The van der Waals surface area contributed by atoms with Gasteiger partial charge in [-0.05, 0) is 30.4 Å². The molecule has 1 saturated carbocycles. The molecule has 0 aromatic heterocycles. The first-order chi connectivity index (χ1) is 15.1. The lowest BCUT2D eigenvalue weighted by Gasteiger charge is -2.42. The maximum Gasteiger partial charge on any atom is 0.237 e. The fourth-order valence-electron chi connectivity index (χ4n) is 5.80. The molecule has 1 aliphatic heterocycles. The van der Waals surface area contributed by atoms with Crippen LogP contribution in [-0.4, -0.2) is 19.1 Å². The van der Waals surface area contributed by atoms with Crippen molar-refractivity contribution in [3.8, 4) is 0 Å². The van der Waals surface area contributed by atoms with Crippen LogP contribution in [0.4, 0.5) is 5.69 Å². The van der Waals surface area contributed by atoms with Crippen molar-refractivity contribution in [2.75, 3.05) is 18.1 Å². The maximum absolute atomic E-state index is 14.8. The zero-order chi connectivity index (χ0) is 21.5. The lowest BCUT2D eigenvalue weighted by Crippen LogP contribution is -2.48. The lowest BCUT2D eigenvalue weighted by atomic mass is 9.63. The van der Waals surface area contributed by atoms with E-state index in [-0.39, 0.29) is 11.8 Å². The summed E-state index contributed by atoms with van der Waals surface area (Å²) < 4.78 is 14.8. The predicted octanol–water partition coefficient (Wildman–Crippen LogP) is 5.11. The average Bonchev–Trinajstić information content (AvgIpc) is 3.04. The van der Waals surface area contributed by atoms with Gasteiger partial charge in [0.1, 0.15) is 7.14 Å². The molecular formula is C27H28NO2P. The molecule has 0 saturated heterocycles. The van der Waals surface area contributed by atoms with Crippen LogP contribution in [0.25, 0.3) is 0 Å². The van der Waals surface area contributed by atoms with Crippen LogP contribution in [0.15, 0.2) is 84.9 Å². The van der Waals surface area contributed by atoms with Crippen molar-refractivity contribution >= 4 is 29.3 Å². The number of amides is 1. The van der Waals surface area contributed by atoms with Crippen LogP contribution in [0.1, 0.15) is 31.2 Å². The van der Waals surface area contributed by atoms with Gasteiger partial charge in [0.2, 0.25) is 5.91 Å². The third-order valence-electron chi connectivity index (χ3n) is 7.33. The van der Waals surface area contributed by atoms with Gasteiger partial charge in [0.15, 0.2) is 0 Å². The second-order valence-corrected chi connectivity index (χ2v) is 11.8. The van der Waals surface area contributed by atoms with Crippen molar-refractivity contribution in [3.05, 3.63) is 90.5 Å². The molecule has 0 N–H and O–H groups in total. The van der Waals surface area contributed by atoms with Crippen LogP contribution in [0.3, 0.4) is 0 Å². The van der Waals surface area contributed by atoms with E-state index >= 15 is 0 Å². The Bertz CT molecular complexity index is 1100. The molecule has 2 aliphatic rings. The first-order valence-electron chi connectivity index (χ1n) is 11.2. The highest BCUT2D eigenvalue weighted by Gasteiger charge is 2.56. The minimum absolute atomic E-state index is 0.0473. The van der Waals surface area contributed by atoms with Gasteiger partial charge in [0, 0.05) is 29.5 Å². The van der Waals surface area contributed by atoms with Crippen molar-refractivity contribution in [2.45, 2.75) is 31.1 Å². The number of anilines is 1. The van der Waals surface area contributed by atoms with Gasteiger partial charge in [-0.3, -0.25) is 4.79 Å². The Labute approximate surface area is 184 Å². The molecule has 3 aromatic carbocycles. The number of likely N-dealkylation sites (N-methyl/N-ethyl adjacent to an activating group) is 1. The maximum atomic E-state index is 14.8. The van der Waals surface area contributed by atoms with E-state index in [1.807, 2.05) is 90.8 Å². The quantitative estimate of drug-likeness (QED) is 0.541. The summed E-state index contributed by atoms with van der Waals surface area (Å²) >= 11 is 0. The topological polar surface area (TPSA) is 37.4 Å². The van der Waals surface area contributed by atoms with E-state index in [1.165, 1.54) is 0 Å². The molecule has 3 aromatic rings. The molecule has 2 unspecified atom stereocenters. The molecule has 1 heterocycles. The number of carbonyl (C=O) groups excluding carboxylic acids is 1. The predicted molar refractivity (Wildman–Crippen MR) is 128 cm³/mol. The summed E-state index contributed by atoms with van der Waals surface area (Å²) in [5.74, 6) is 0.220. The molecule has 0 bridgehead atoms. The van der Waals surface area contributed by atoms with Crippen molar-refractivity contribution in [1.29, 1.82) is 0 Å². The first kappa shape index (κ1) is 20.3. The molecule has 5 rings (SSSR count). The second-order valence-electron chi connectivity index (χ2n) is 8.89. The standard InChI is InChI=1S/C27H28NO2P/c1-28-25-18-9-8-17-24(25)27(26(28)29)19-11-10-12-21(27)20-31(30,22-13-4-2-5-14-22)23-15-6-3-7-16-23/h2-9,13-18,21H,10-12,19-20H2,1H3. The zero-order valence-corrected chi connectivity index (χ0v) is 18.8.